The minimum absolute atomic E-state index is 0.234. The van der Waals surface area contributed by atoms with Crippen LogP contribution in [-0.4, -0.2) is 33.3 Å². The molecule has 4 nitrogen and oxygen atoms in total. The van der Waals surface area contributed by atoms with E-state index >= 15 is 0 Å². The van der Waals surface area contributed by atoms with E-state index in [1.165, 1.54) is 12.1 Å². The minimum Gasteiger partial charge on any atom is -0.493 e. The summed E-state index contributed by atoms with van der Waals surface area (Å²) in [5.74, 6) is -0.0451. The maximum atomic E-state index is 13.6. The zero-order valence-electron chi connectivity index (χ0n) is 17.6. The molecule has 0 bridgehead atoms. The van der Waals surface area contributed by atoms with Crippen LogP contribution in [0.25, 0.3) is 16.6 Å². The smallest absolute Gasteiger partial charge is 0.417 e. The van der Waals surface area contributed by atoms with Gasteiger partial charge in [0.25, 0.3) is 0 Å². The summed E-state index contributed by atoms with van der Waals surface area (Å²) >= 11 is 0. The molecule has 170 valence electrons. The highest BCUT2D eigenvalue weighted by Gasteiger charge is 2.60. The average molecular weight is 448 g/mol. The van der Waals surface area contributed by atoms with Crippen molar-refractivity contribution in [2.24, 2.45) is 5.92 Å². The molecule has 3 atom stereocenters. The van der Waals surface area contributed by atoms with Crippen LogP contribution in [0.2, 0.25) is 0 Å². The number of hydrogen-bond acceptors (Lipinski definition) is 3. The number of rotatable bonds is 2. The summed E-state index contributed by atoms with van der Waals surface area (Å²) in [5, 5.41) is 15.7. The van der Waals surface area contributed by atoms with Crippen molar-refractivity contribution < 1.29 is 27.4 Å². The molecule has 1 saturated carbocycles. The molecular formula is C24H24F4N2O2. The van der Waals surface area contributed by atoms with Crippen LogP contribution in [0.3, 0.4) is 0 Å². The number of halogens is 4. The summed E-state index contributed by atoms with van der Waals surface area (Å²) < 4.78 is 61.9. The Balaban J connectivity index is 1.61. The lowest BCUT2D eigenvalue weighted by Crippen LogP contribution is -2.54. The van der Waals surface area contributed by atoms with Gasteiger partial charge in [0.2, 0.25) is 0 Å². The Morgan fingerprint density at radius 1 is 1.19 bits per heavy atom. The number of hydrogen-bond donors (Lipinski definition) is 1. The summed E-state index contributed by atoms with van der Waals surface area (Å²) in [6, 6.07) is 9.85. The Morgan fingerprint density at radius 3 is 2.62 bits per heavy atom. The summed E-state index contributed by atoms with van der Waals surface area (Å²) in [6.45, 7) is 2.27. The first-order valence-electron chi connectivity index (χ1n) is 10.9. The Morgan fingerprint density at radius 2 is 1.94 bits per heavy atom. The van der Waals surface area contributed by atoms with Crippen molar-refractivity contribution >= 4 is 10.9 Å². The normalized spacial score (nSPS) is 28.0. The van der Waals surface area contributed by atoms with Crippen molar-refractivity contribution in [1.29, 1.82) is 0 Å². The van der Waals surface area contributed by atoms with Gasteiger partial charge in [0.15, 0.2) is 5.60 Å². The SMILES string of the molecule is CCC12CCC(O)(C(F)(F)F)CC1CCOc1cc3c(cnn3-c3ccc(F)cc3)cc12. The van der Waals surface area contributed by atoms with Crippen molar-refractivity contribution in [3.8, 4) is 11.4 Å². The van der Waals surface area contributed by atoms with Crippen LogP contribution < -0.4 is 4.74 Å². The Kier molecular flexibility index (Phi) is 4.78. The molecule has 3 unspecified atom stereocenters. The largest absolute Gasteiger partial charge is 0.493 e. The molecule has 32 heavy (non-hydrogen) atoms. The van der Waals surface area contributed by atoms with E-state index in [9.17, 15) is 22.7 Å². The van der Waals surface area contributed by atoms with Crippen molar-refractivity contribution in [3.05, 3.63) is 54.0 Å². The van der Waals surface area contributed by atoms with Crippen molar-refractivity contribution in [2.75, 3.05) is 6.61 Å². The molecule has 0 amide bonds. The summed E-state index contributed by atoms with van der Waals surface area (Å²) in [7, 11) is 0. The van der Waals surface area contributed by atoms with Gasteiger partial charge in [-0.15, -0.1) is 0 Å². The van der Waals surface area contributed by atoms with Crippen LogP contribution in [0.15, 0.2) is 42.6 Å². The van der Waals surface area contributed by atoms with Crippen LogP contribution in [-0.2, 0) is 5.41 Å². The van der Waals surface area contributed by atoms with Gasteiger partial charge in [0.05, 0.1) is 24.0 Å². The average Bonchev–Trinajstić information content (AvgIpc) is 3.09. The maximum Gasteiger partial charge on any atom is 0.417 e. The molecule has 2 heterocycles. The first-order valence-corrected chi connectivity index (χ1v) is 10.9. The molecule has 0 radical (unpaired) electrons. The fourth-order valence-electron chi connectivity index (χ4n) is 5.65. The second kappa shape index (κ2) is 7.20. The predicted molar refractivity (Wildman–Crippen MR) is 111 cm³/mol. The fraction of sp³-hybridized carbons (Fsp3) is 0.458. The quantitative estimate of drug-likeness (QED) is 0.513. The first kappa shape index (κ1) is 21.2. The van der Waals surface area contributed by atoms with E-state index in [4.69, 9.17) is 4.74 Å². The molecule has 0 spiro atoms. The fourth-order valence-corrected chi connectivity index (χ4v) is 5.65. The molecule has 1 aliphatic carbocycles. The number of alkyl halides is 3. The van der Waals surface area contributed by atoms with E-state index < -0.39 is 17.2 Å². The van der Waals surface area contributed by atoms with E-state index in [2.05, 4.69) is 5.10 Å². The molecule has 0 saturated heterocycles. The second-order valence-electron chi connectivity index (χ2n) is 9.02. The zero-order chi connectivity index (χ0) is 22.7. The molecule has 3 aromatic rings. The number of nitrogens with zero attached hydrogens (tertiary/aromatic N) is 2. The van der Waals surface area contributed by atoms with E-state index in [0.29, 0.717) is 24.3 Å². The topological polar surface area (TPSA) is 47.3 Å². The number of fused-ring (bicyclic) bond motifs is 4. The van der Waals surface area contributed by atoms with E-state index in [-0.39, 0.29) is 37.6 Å². The monoisotopic (exact) mass is 448 g/mol. The highest BCUT2D eigenvalue weighted by molar-refractivity contribution is 5.83. The number of ether oxygens (including phenoxy) is 1. The van der Waals surface area contributed by atoms with E-state index in [0.717, 1.165) is 16.5 Å². The standard InChI is InChI=1S/C24H24F4N2O2/c1-2-22-8-9-23(31,24(26,27)28)13-16(22)7-10-32-21-12-20-15(11-19(21)22)14-29-30(20)18-5-3-17(25)4-6-18/h3-6,11-12,14,16,31H,2,7-10,13H2,1H3. The van der Waals surface area contributed by atoms with Crippen molar-refractivity contribution in [1.82, 2.24) is 9.78 Å². The Bertz CT molecular complexity index is 1160. The highest BCUT2D eigenvalue weighted by Crippen LogP contribution is 2.57. The Hall–Kier alpha value is -2.61. The lowest BCUT2D eigenvalue weighted by molar-refractivity contribution is -0.279. The Labute approximate surface area is 182 Å². The van der Waals surface area contributed by atoms with Gasteiger partial charge in [-0.1, -0.05) is 6.92 Å². The van der Waals surface area contributed by atoms with Gasteiger partial charge in [0.1, 0.15) is 11.6 Å². The van der Waals surface area contributed by atoms with Crippen LogP contribution in [0.4, 0.5) is 17.6 Å². The van der Waals surface area contributed by atoms with Gasteiger partial charge in [-0.05, 0) is 68.4 Å². The second-order valence-corrected chi connectivity index (χ2v) is 9.02. The van der Waals surface area contributed by atoms with E-state index in [1.54, 1.807) is 23.0 Å². The molecule has 5 rings (SSSR count). The lowest BCUT2D eigenvalue weighted by atomic mass is 9.57. The zero-order valence-corrected chi connectivity index (χ0v) is 17.6. The van der Waals surface area contributed by atoms with Gasteiger partial charge in [-0.2, -0.15) is 18.3 Å². The van der Waals surface area contributed by atoms with Crippen LogP contribution in [0.1, 0.15) is 44.6 Å². The number of aromatic nitrogens is 2. The third kappa shape index (κ3) is 3.10. The molecular weight excluding hydrogens is 424 g/mol. The molecule has 1 N–H and O–H groups in total. The van der Waals surface area contributed by atoms with Crippen LogP contribution in [0.5, 0.6) is 5.75 Å². The van der Waals surface area contributed by atoms with Gasteiger partial charge in [-0.25, -0.2) is 9.07 Å². The summed E-state index contributed by atoms with van der Waals surface area (Å²) in [6.07, 6.45) is -2.26. The summed E-state index contributed by atoms with van der Waals surface area (Å²) in [4.78, 5) is 0. The third-order valence-corrected chi connectivity index (χ3v) is 7.51. The molecule has 2 aromatic carbocycles. The number of aliphatic hydroxyl groups is 1. The van der Waals surface area contributed by atoms with Gasteiger partial charge in [0, 0.05) is 22.4 Å². The maximum absolute atomic E-state index is 13.6. The number of benzene rings is 2. The lowest BCUT2D eigenvalue weighted by Gasteiger charge is -2.49. The van der Waals surface area contributed by atoms with E-state index in [1.807, 2.05) is 19.1 Å². The minimum atomic E-state index is -4.65. The van der Waals surface area contributed by atoms with Crippen LogP contribution in [0, 0.1) is 11.7 Å². The summed E-state index contributed by atoms with van der Waals surface area (Å²) in [5.41, 5.74) is -0.792. The van der Waals surface area contributed by atoms with Gasteiger partial charge < -0.3 is 9.84 Å². The van der Waals surface area contributed by atoms with Gasteiger partial charge >= 0.3 is 6.18 Å². The highest BCUT2D eigenvalue weighted by atomic mass is 19.4. The first-order chi connectivity index (χ1) is 15.2. The van der Waals surface area contributed by atoms with Gasteiger partial charge in [-0.3, -0.25) is 0 Å². The molecule has 1 fully saturated rings. The van der Waals surface area contributed by atoms with Crippen LogP contribution >= 0.6 is 0 Å². The third-order valence-electron chi connectivity index (χ3n) is 7.51. The van der Waals surface area contributed by atoms with Crippen molar-refractivity contribution in [2.45, 2.75) is 56.2 Å². The molecule has 1 aliphatic heterocycles. The molecule has 8 heteroatoms. The molecule has 1 aromatic heterocycles. The van der Waals surface area contributed by atoms with Crippen molar-refractivity contribution in [3.63, 3.8) is 0 Å². The predicted octanol–water partition coefficient (Wildman–Crippen LogP) is 5.69. The molecule has 2 aliphatic rings.